The van der Waals surface area contributed by atoms with Gasteiger partial charge in [0, 0.05) is 5.56 Å². The Hall–Kier alpha value is -1.06. The van der Waals surface area contributed by atoms with Crippen molar-refractivity contribution in [2.75, 3.05) is 0 Å². The van der Waals surface area contributed by atoms with Gasteiger partial charge in [-0.1, -0.05) is 41.9 Å². The van der Waals surface area contributed by atoms with Gasteiger partial charge in [0.15, 0.2) is 0 Å². The first-order chi connectivity index (χ1) is 5.67. The molecule has 0 aliphatic rings. The number of aliphatic hydroxyl groups is 1. The van der Waals surface area contributed by atoms with Gasteiger partial charge in [-0.15, -0.1) is 0 Å². The van der Waals surface area contributed by atoms with Crippen LogP contribution in [0.1, 0.15) is 5.56 Å². The molecule has 1 aromatic carbocycles. The molecule has 1 amide bonds. The third kappa shape index (κ3) is 1.96. The van der Waals surface area contributed by atoms with Gasteiger partial charge in [-0.2, -0.15) is 0 Å². The van der Waals surface area contributed by atoms with Crippen molar-refractivity contribution in [1.82, 2.24) is 5.32 Å². The van der Waals surface area contributed by atoms with Crippen molar-refractivity contribution in [2.45, 2.75) is 5.18 Å². The maximum atomic E-state index is 10.0. The summed E-state index contributed by atoms with van der Waals surface area (Å²) in [5.74, 6) is 0. The normalized spacial score (nSPS) is 14.8. The van der Waals surface area contributed by atoms with E-state index in [-0.39, 0.29) is 0 Å². The molecule has 4 heteroatoms. The molecule has 0 aromatic heterocycles. The number of nitrogens with one attached hydrogen (secondary N) is 1. The van der Waals surface area contributed by atoms with Crippen molar-refractivity contribution in [2.24, 2.45) is 0 Å². The second-order valence-corrected chi connectivity index (χ2v) is 2.80. The Morgan fingerprint density at radius 3 is 2.50 bits per heavy atom. The van der Waals surface area contributed by atoms with Crippen LogP contribution in [0.15, 0.2) is 30.3 Å². The molecule has 0 saturated heterocycles. The number of benzene rings is 1. The first-order valence-corrected chi connectivity index (χ1v) is 3.73. The third-order valence-corrected chi connectivity index (χ3v) is 1.73. The van der Waals surface area contributed by atoms with Gasteiger partial charge in [0.2, 0.25) is 11.6 Å². The van der Waals surface area contributed by atoms with Crippen LogP contribution in [0, 0.1) is 0 Å². The number of carbonyl (C=O) groups is 1. The highest BCUT2D eigenvalue weighted by atomic mass is 35.5. The van der Waals surface area contributed by atoms with Gasteiger partial charge in [-0.25, -0.2) is 0 Å². The first kappa shape index (κ1) is 9.03. The zero-order chi connectivity index (χ0) is 9.03. The summed E-state index contributed by atoms with van der Waals surface area (Å²) < 4.78 is 0. The summed E-state index contributed by atoms with van der Waals surface area (Å²) >= 11 is 5.57. The molecular weight excluding hydrogens is 178 g/mol. The van der Waals surface area contributed by atoms with Crippen molar-refractivity contribution in [3.05, 3.63) is 35.9 Å². The van der Waals surface area contributed by atoms with Crippen LogP contribution in [-0.4, -0.2) is 11.5 Å². The van der Waals surface area contributed by atoms with Gasteiger partial charge in [-0.3, -0.25) is 4.79 Å². The van der Waals surface area contributed by atoms with Crippen LogP contribution < -0.4 is 5.32 Å². The minimum atomic E-state index is -1.80. The Morgan fingerprint density at radius 1 is 1.42 bits per heavy atom. The van der Waals surface area contributed by atoms with Crippen molar-refractivity contribution >= 4 is 18.0 Å². The predicted octanol–water partition coefficient (Wildman–Crippen LogP) is 0.774. The van der Waals surface area contributed by atoms with Crippen LogP contribution in [0.4, 0.5) is 0 Å². The van der Waals surface area contributed by atoms with Crippen LogP contribution in [0.3, 0.4) is 0 Å². The Morgan fingerprint density at radius 2 is 2.00 bits per heavy atom. The summed E-state index contributed by atoms with van der Waals surface area (Å²) in [5, 5.41) is 9.68. The van der Waals surface area contributed by atoms with Gasteiger partial charge in [0.05, 0.1) is 0 Å². The van der Waals surface area contributed by atoms with Crippen molar-refractivity contribution in [1.29, 1.82) is 0 Å². The number of carbonyl (C=O) groups excluding carboxylic acids is 1. The fourth-order valence-electron chi connectivity index (χ4n) is 0.820. The number of alkyl halides is 1. The van der Waals surface area contributed by atoms with E-state index in [2.05, 4.69) is 5.32 Å². The van der Waals surface area contributed by atoms with E-state index >= 15 is 0 Å². The number of hydrogen-bond donors (Lipinski definition) is 2. The lowest BCUT2D eigenvalue weighted by molar-refractivity contribution is -0.113. The summed E-state index contributed by atoms with van der Waals surface area (Å²) in [6.07, 6.45) is 0.347. The van der Waals surface area contributed by atoms with E-state index in [0.717, 1.165) is 0 Å². The number of halogens is 1. The highest BCUT2D eigenvalue weighted by Crippen LogP contribution is 2.20. The standard InChI is InChI=1S/C8H8ClNO2/c9-8(12,10-6-11)7-4-2-1-3-5-7/h1-6,12H,(H,10,11). The molecule has 0 radical (unpaired) electrons. The number of rotatable bonds is 3. The topological polar surface area (TPSA) is 49.3 Å². The van der Waals surface area contributed by atoms with E-state index in [1.165, 1.54) is 0 Å². The molecular formula is C8H8ClNO2. The Bertz CT molecular complexity index is 261. The molecule has 0 aliphatic carbocycles. The Balaban J connectivity index is 2.89. The molecule has 0 bridgehead atoms. The van der Waals surface area contributed by atoms with Gasteiger partial charge in [0.25, 0.3) is 0 Å². The minimum Gasteiger partial charge on any atom is -0.355 e. The van der Waals surface area contributed by atoms with Gasteiger partial charge < -0.3 is 10.4 Å². The third-order valence-electron chi connectivity index (χ3n) is 1.41. The molecule has 1 aromatic rings. The van der Waals surface area contributed by atoms with Crippen molar-refractivity contribution < 1.29 is 9.90 Å². The molecule has 12 heavy (non-hydrogen) atoms. The van der Waals surface area contributed by atoms with Gasteiger partial charge in [-0.05, 0) is 0 Å². The average molecular weight is 186 g/mol. The quantitative estimate of drug-likeness (QED) is 0.316. The van der Waals surface area contributed by atoms with E-state index in [1.54, 1.807) is 30.3 Å². The Labute approximate surface area is 75.0 Å². The summed E-state index contributed by atoms with van der Waals surface area (Å²) in [4.78, 5) is 10.0. The molecule has 3 nitrogen and oxygen atoms in total. The van der Waals surface area contributed by atoms with E-state index in [1.807, 2.05) is 0 Å². The number of hydrogen-bond acceptors (Lipinski definition) is 2. The predicted molar refractivity (Wildman–Crippen MR) is 45.4 cm³/mol. The van der Waals surface area contributed by atoms with Crippen LogP contribution in [0.5, 0.6) is 0 Å². The highest BCUT2D eigenvalue weighted by molar-refractivity contribution is 6.23. The molecule has 2 N–H and O–H groups in total. The summed E-state index contributed by atoms with van der Waals surface area (Å²) in [6.45, 7) is 0. The van der Waals surface area contributed by atoms with E-state index < -0.39 is 5.18 Å². The lowest BCUT2D eigenvalue weighted by Crippen LogP contribution is -2.35. The Kier molecular flexibility index (Phi) is 2.68. The maximum absolute atomic E-state index is 10.0. The molecule has 1 atom stereocenters. The average Bonchev–Trinajstić information content (AvgIpc) is 2.06. The second-order valence-electron chi connectivity index (χ2n) is 2.25. The van der Waals surface area contributed by atoms with Crippen molar-refractivity contribution in [3.8, 4) is 0 Å². The molecule has 0 spiro atoms. The highest BCUT2D eigenvalue weighted by Gasteiger charge is 2.24. The molecule has 1 unspecified atom stereocenters. The van der Waals surface area contributed by atoms with E-state index in [0.29, 0.717) is 12.0 Å². The summed E-state index contributed by atoms with van der Waals surface area (Å²) in [7, 11) is 0. The monoisotopic (exact) mass is 185 g/mol. The lowest BCUT2D eigenvalue weighted by Gasteiger charge is -2.19. The summed E-state index contributed by atoms with van der Waals surface area (Å²) in [5.41, 5.74) is 0.429. The minimum absolute atomic E-state index is 0.347. The number of amides is 1. The fourth-order valence-corrected chi connectivity index (χ4v) is 0.991. The zero-order valence-corrected chi connectivity index (χ0v) is 6.95. The fraction of sp³-hybridized carbons (Fsp3) is 0.125. The molecule has 0 fully saturated rings. The smallest absolute Gasteiger partial charge is 0.243 e. The van der Waals surface area contributed by atoms with Gasteiger partial charge in [0.1, 0.15) is 0 Å². The van der Waals surface area contributed by atoms with Crippen LogP contribution in [0.25, 0.3) is 0 Å². The van der Waals surface area contributed by atoms with Crippen molar-refractivity contribution in [3.63, 3.8) is 0 Å². The lowest BCUT2D eigenvalue weighted by atomic mass is 10.2. The second kappa shape index (κ2) is 3.56. The van der Waals surface area contributed by atoms with Crippen LogP contribution >= 0.6 is 11.6 Å². The van der Waals surface area contributed by atoms with Crippen LogP contribution in [-0.2, 0) is 9.98 Å². The molecule has 0 saturated carbocycles. The largest absolute Gasteiger partial charge is 0.355 e. The molecule has 64 valence electrons. The van der Waals surface area contributed by atoms with E-state index in [9.17, 15) is 9.90 Å². The summed E-state index contributed by atoms with van der Waals surface area (Å²) in [6, 6.07) is 8.45. The molecule has 0 heterocycles. The van der Waals surface area contributed by atoms with Gasteiger partial charge >= 0.3 is 0 Å². The first-order valence-electron chi connectivity index (χ1n) is 3.35. The zero-order valence-electron chi connectivity index (χ0n) is 6.20. The van der Waals surface area contributed by atoms with E-state index in [4.69, 9.17) is 11.6 Å². The molecule has 0 aliphatic heterocycles. The van der Waals surface area contributed by atoms with Crippen LogP contribution in [0.2, 0.25) is 0 Å². The maximum Gasteiger partial charge on any atom is 0.243 e. The molecule has 1 rings (SSSR count). The SMILES string of the molecule is O=CNC(O)(Cl)c1ccccc1.